The van der Waals surface area contributed by atoms with Gasteiger partial charge < -0.3 is 19.6 Å². The predicted molar refractivity (Wildman–Crippen MR) is 163 cm³/mol. The fourth-order valence-electron chi connectivity index (χ4n) is 6.19. The Hall–Kier alpha value is -2.32. The summed E-state index contributed by atoms with van der Waals surface area (Å²) in [5.41, 5.74) is 8.04. The van der Waals surface area contributed by atoms with Gasteiger partial charge in [-0.15, -0.1) is 0 Å². The van der Waals surface area contributed by atoms with Crippen molar-refractivity contribution in [1.29, 1.82) is 0 Å². The lowest BCUT2D eigenvalue weighted by Crippen LogP contribution is -2.67. The highest BCUT2D eigenvalue weighted by Gasteiger charge is 2.51. The third kappa shape index (κ3) is 6.22. The maximum Gasteiger partial charge on any atom is 0.261 e. The number of piperidine rings is 1. The number of nitrogens with zero attached hydrogens (tertiary/aromatic N) is 1. The number of benzene rings is 3. The van der Waals surface area contributed by atoms with Gasteiger partial charge in [-0.2, -0.15) is 0 Å². The second-order valence-corrected chi connectivity index (χ2v) is 15.7. The van der Waals surface area contributed by atoms with Gasteiger partial charge in [0.1, 0.15) is 0 Å². The van der Waals surface area contributed by atoms with E-state index in [0.29, 0.717) is 26.4 Å². The molecule has 0 aromatic heterocycles. The summed E-state index contributed by atoms with van der Waals surface area (Å²) >= 11 is 0. The van der Waals surface area contributed by atoms with Crippen LogP contribution < -0.4 is 16.1 Å². The standard InChI is InChI=1S/C33H46N2O3Si/c1-6-36-33(37-7-2)23-24-35(25-31(33)34)30(27-17-11-8-12-18-27)26-38-39(32(3,4)5,28-19-13-9-14-20-28)29-21-15-10-16-22-29/h8-22,30-31H,6-7,23-26,34H2,1-5H3/t30-,31+/m0/s1. The molecule has 0 saturated carbocycles. The van der Waals surface area contributed by atoms with Crippen LogP contribution in [0, 0.1) is 0 Å². The van der Waals surface area contributed by atoms with Crippen LogP contribution in [-0.4, -0.2) is 58.0 Å². The number of ether oxygens (including phenoxy) is 2. The van der Waals surface area contributed by atoms with Crippen molar-refractivity contribution in [2.75, 3.05) is 32.9 Å². The molecule has 3 aromatic carbocycles. The fourth-order valence-corrected chi connectivity index (χ4v) is 10.8. The van der Waals surface area contributed by atoms with Gasteiger partial charge in [-0.05, 0) is 34.8 Å². The van der Waals surface area contributed by atoms with Crippen LogP contribution in [0.15, 0.2) is 91.0 Å². The van der Waals surface area contributed by atoms with Crippen molar-refractivity contribution < 1.29 is 13.9 Å². The summed E-state index contributed by atoms with van der Waals surface area (Å²) in [5, 5.41) is 2.49. The third-order valence-electron chi connectivity index (χ3n) is 8.02. The van der Waals surface area contributed by atoms with Crippen LogP contribution in [0.25, 0.3) is 0 Å². The van der Waals surface area contributed by atoms with E-state index >= 15 is 0 Å². The molecule has 2 N–H and O–H groups in total. The van der Waals surface area contributed by atoms with E-state index in [1.54, 1.807) is 0 Å². The topological polar surface area (TPSA) is 57.0 Å². The molecule has 0 spiro atoms. The van der Waals surface area contributed by atoms with Crippen LogP contribution in [0.2, 0.25) is 5.04 Å². The largest absolute Gasteiger partial charge is 0.405 e. The SMILES string of the molecule is CCOC1(OCC)CCN([C@@H](CO[Si](c2ccccc2)(c2ccccc2)C(C)(C)C)c2ccccc2)C[C@H]1N. The summed E-state index contributed by atoms with van der Waals surface area (Å²) in [5.74, 6) is -0.736. The first-order chi connectivity index (χ1) is 18.8. The third-order valence-corrected chi connectivity index (χ3v) is 13.0. The fraction of sp³-hybridized carbons (Fsp3) is 0.455. The molecule has 0 aliphatic carbocycles. The molecule has 210 valence electrons. The van der Waals surface area contributed by atoms with E-state index in [1.165, 1.54) is 15.9 Å². The van der Waals surface area contributed by atoms with E-state index in [-0.39, 0.29) is 17.1 Å². The number of nitrogens with two attached hydrogens (primary N) is 1. The van der Waals surface area contributed by atoms with E-state index in [9.17, 15) is 0 Å². The van der Waals surface area contributed by atoms with Crippen LogP contribution in [0.4, 0.5) is 0 Å². The lowest BCUT2D eigenvalue weighted by atomic mass is 9.95. The van der Waals surface area contributed by atoms with Crippen molar-refractivity contribution in [1.82, 2.24) is 4.90 Å². The van der Waals surface area contributed by atoms with Gasteiger partial charge in [0.15, 0.2) is 5.79 Å². The Balaban J connectivity index is 1.72. The van der Waals surface area contributed by atoms with Gasteiger partial charge in [-0.3, -0.25) is 4.90 Å². The molecule has 4 rings (SSSR count). The summed E-state index contributed by atoms with van der Waals surface area (Å²) in [6.07, 6.45) is 0.721. The zero-order valence-electron chi connectivity index (χ0n) is 24.3. The lowest BCUT2D eigenvalue weighted by Gasteiger charge is -2.49. The quantitative estimate of drug-likeness (QED) is 0.268. The van der Waals surface area contributed by atoms with Crippen LogP contribution in [0.3, 0.4) is 0 Å². The van der Waals surface area contributed by atoms with Crippen LogP contribution >= 0.6 is 0 Å². The Bertz CT molecular complexity index is 1090. The van der Waals surface area contributed by atoms with Crippen molar-refractivity contribution in [3.05, 3.63) is 96.6 Å². The Morgan fingerprint density at radius 1 is 0.846 bits per heavy atom. The Labute approximate surface area is 236 Å². The maximum absolute atomic E-state index is 7.41. The molecule has 0 bridgehead atoms. The highest BCUT2D eigenvalue weighted by molar-refractivity contribution is 6.99. The summed E-state index contributed by atoms with van der Waals surface area (Å²) in [4.78, 5) is 2.47. The molecule has 0 radical (unpaired) electrons. The molecule has 3 aromatic rings. The molecule has 1 aliphatic rings. The molecule has 1 aliphatic heterocycles. The Kier molecular flexibility index (Phi) is 9.81. The first-order valence-electron chi connectivity index (χ1n) is 14.3. The summed E-state index contributed by atoms with van der Waals surface area (Å²) in [7, 11) is -2.69. The van der Waals surface area contributed by atoms with E-state index in [1.807, 2.05) is 13.8 Å². The molecule has 1 fully saturated rings. The summed E-state index contributed by atoms with van der Waals surface area (Å²) in [6, 6.07) is 32.2. The number of hydrogen-bond donors (Lipinski definition) is 1. The van der Waals surface area contributed by atoms with Gasteiger partial charge in [0.2, 0.25) is 0 Å². The van der Waals surface area contributed by atoms with Crippen molar-refractivity contribution >= 4 is 18.7 Å². The number of hydrogen-bond acceptors (Lipinski definition) is 5. The van der Waals surface area contributed by atoms with Crippen molar-refractivity contribution in [2.45, 2.75) is 63.9 Å². The molecule has 39 heavy (non-hydrogen) atoms. The molecule has 0 amide bonds. The molecule has 1 saturated heterocycles. The zero-order valence-corrected chi connectivity index (χ0v) is 25.3. The van der Waals surface area contributed by atoms with Gasteiger partial charge in [0.25, 0.3) is 8.32 Å². The number of rotatable bonds is 11. The van der Waals surface area contributed by atoms with Gasteiger partial charge in [-0.25, -0.2) is 0 Å². The van der Waals surface area contributed by atoms with Gasteiger partial charge in [-0.1, -0.05) is 112 Å². The number of likely N-dealkylation sites (tertiary alicyclic amines) is 1. The van der Waals surface area contributed by atoms with E-state index in [2.05, 4.69) is 117 Å². The first kappa shape index (κ1) is 29.7. The van der Waals surface area contributed by atoms with Crippen molar-refractivity contribution in [2.24, 2.45) is 5.73 Å². The highest BCUT2D eigenvalue weighted by Crippen LogP contribution is 2.39. The van der Waals surface area contributed by atoms with Gasteiger partial charge in [0.05, 0.1) is 18.7 Å². The second kappa shape index (κ2) is 12.9. The van der Waals surface area contributed by atoms with Crippen LogP contribution in [0.1, 0.15) is 52.6 Å². The van der Waals surface area contributed by atoms with Crippen LogP contribution in [-0.2, 0) is 13.9 Å². The molecule has 6 heteroatoms. The average Bonchev–Trinajstić information content (AvgIpc) is 2.94. The maximum atomic E-state index is 7.41. The monoisotopic (exact) mass is 546 g/mol. The first-order valence-corrected chi connectivity index (χ1v) is 16.3. The average molecular weight is 547 g/mol. The molecule has 0 unspecified atom stereocenters. The molecule has 5 nitrogen and oxygen atoms in total. The molecular weight excluding hydrogens is 500 g/mol. The zero-order chi connectivity index (χ0) is 27.9. The molecular formula is C33H46N2O3Si. The lowest BCUT2D eigenvalue weighted by molar-refractivity contribution is -0.264. The minimum atomic E-state index is -2.69. The van der Waals surface area contributed by atoms with Crippen molar-refractivity contribution in [3.8, 4) is 0 Å². The minimum absolute atomic E-state index is 0.0557. The van der Waals surface area contributed by atoms with E-state index < -0.39 is 14.1 Å². The smallest absolute Gasteiger partial charge is 0.261 e. The molecule has 2 atom stereocenters. The predicted octanol–water partition coefficient (Wildman–Crippen LogP) is 5.11. The molecule has 1 heterocycles. The normalized spacial score (nSPS) is 19.1. The second-order valence-electron chi connectivity index (χ2n) is 11.4. The van der Waals surface area contributed by atoms with Gasteiger partial charge in [0, 0.05) is 32.7 Å². The van der Waals surface area contributed by atoms with Gasteiger partial charge >= 0.3 is 0 Å². The summed E-state index contributed by atoms with van der Waals surface area (Å²) in [6.45, 7) is 14.2. The minimum Gasteiger partial charge on any atom is -0.405 e. The highest BCUT2D eigenvalue weighted by atomic mass is 28.4. The Morgan fingerprint density at radius 2 is 1.33 bits per heavy atom. The van der Waals surface area contributed by atoms with Crippen molar-refractivity contribution in [3.63, 3.8) is 0 Å². The Morgan fingerprint density at radius 3 is 1.77 bits per heavy atom. The van der Waals surface area contributed by atoms with E-state index in [0.717, 1.165) is 13.0 Å². The van der Waals surface area contributed by atoms with E-state index in [4.69, 9.17) is 19.6 Å². The van der Waals surface area contributed by atoms with Crippen LogP contribution in [0.5, 0.6) is 0 Å². The summed E-state index contributed by atoms with van der Waals surface area (Å²) < 4.78 is 19.7.